The highest BCUT2D eigenvalue weighted by Gasteiger charge is 2.31. The zero-order valence-electron chi connectivity index (χ0n) is 11.4. The van der Waals surface area contributed by atoms with E-state index in [1.807, 2.05) is 6.07 Å². The summed E-state index contributed by atoms with van der Waals surface area (Å²) >= 11 is 8.50. The van der Waals surface area contributed by atoms with Gasteiger partial charge in [-0.25, -0.2) is 0 Å². The summed E-state index contributed by atoms with van der Waals surface area (Å²) in [6, 6.07) is 1.93. The standard InChI is InChI=1S/C15H19Br2NOS/c16-14-7-12(15(17)20-14)13(19)9-18-6-5-10-3-1-2-4-11(10)8-18/h7,10-11H,1-6,8-9H2. The first-order valence-electron chi connectivity index (χ1n) is 7.34. The van der Waals surface area contributed by atoms with Crippen LogP contribution in [0.25, 0.3) is 0 Å². The van der Waals surface area contributed by atoms with Gasteiger partial charge in [0, 0.05) is 12.1 Å². The van der Waals surface area contributed by atoms with Gasteiger partial charge in [0.15, 0.2) is 5.78 Å². The molecule has 0 aromatic carbocycles. The molecule has 1 aromatic heterocycles. The first-order valence-corrected chi connectivity index (χ1v) is 9.74. The lowest BCUT2D eigenvalue weighted by molar-refractivity contribution is 0.0713. The van der Waals surface area contributed by atoms with Crippen molar-refractivity contribution in [2.24, 2.45) is 11.8 Å². The van der Waals surface area contributed by atoms with Gasteiger partial charge in [-0.2, -0.15) is 0 Å². The van der Waals surface area contributed by atoms with Crippen LogP contribution in [0.3, 0.4) is 0 Å². The molecule has 1 aliphatic carbocycles. The summed E-state index contributed by atoms with van der Waals surface area (Å²) < 4.78 is 1.96. The average Bonchev–Trinajstić information content (AvgIpc) is 2.78. The lowest BCUT2D eigenvalue weighted by Gasteiger charge is -2.41. The summed E-state index contributed by atoms with van der Waals surface area (Å²) in [7, 11) is 0. The largest absolute Gasteiger partial charge is 0.296 e. The van der Waals surface area contributed by atoms with Crippen LogP contribution >= 0.6 is 43.2 Å². The topological polar surface area (TPSA) is 20.3 Å². The van der Waals surface area contributed by atoms with E-state index in [2.05, 4.69) is 36.8 Å². The van der Waals surface area contributed by atoms with Crippen molar-refractivity contribution in [1.82, 2.24) is 4.90 Å². The molecule has 1 aliphatic heterocycles. The number of fused-ring (bicyclic) bond motifs is 1. The van der Waals surface area contributed by atoms with Crippen LogP contribution in [-0.2, 0) is 0 Å². The summed E-state index contributed by atoms with van der Waals surface area (Å²) in [6.45, 7) is 2.79. The molecule has 2 atom stereocenters. The zero-order chi connectivity index (χ0) is 14.1. The number of halogens is 2. The Hall–Kier alpha value is 0.290. The molecule has 0 radical (unpaired) electrons. The number of Topliss-reactive ketones (excluding diaryl/α,β-unsaturated/α-hetero) is 1. The Balaban J connectivity index is 1.60. The number of ketones is 1. The zero-order valence-corrected chi connectivity index (χ0v) is 15.4. The highest BCUT2D eigenvalue weighted by atomic mass is 79.9. The van der Waals surface area contributed by atoms with E-state index in [1.165, 1.54) is 32.1 Å². The Bertz CT molecular complexity index is 502. The van der Waals surface area contributed by atoms with Crippen molar-refractivity contribution in [3.8, 4) is 0 Å². The van der Waals surface area contributed by atoms with Gasteiger partial charge in [0.2, 0.25) is 0 Å². The molecule has 2 nitrogen and oxygen atoms in total. The number of nitrogens with zero attached hydrogens (tertiary/aromatic N) is 1. The number of hydrogen-bond donors (Lipinski definition) is 0. The van der Waals surface area contributed by atoms with E-state index in [1.54, 1.807) is 11.3 Å². The molecule has 5 heteroatoms. The molecule has 0 bridgehead atoms. The van der Waals surface area contributed by atoms with Gasteiger partial charge in [-0.05, 0) is 69.1 Å². The first kappa shape index (κ1) is 15.2. The maximum Gasteiger partial charge on any atom is 0.178 e. The van der Waals surface area contributed by atoms with Crippen molar-refractivity contribution in [1.29, 1.82) is 0 Å². The van der Waals surface area contributed by atoms with Crippen molar-refractivity contribution >= 4 is 49.0 Å². The van der Waals surface area contributed by atoms with Crippen LogP contribution in [0.2, 0.25) is 0 Å². The monoisotopic (exact) mass is 419 g/mol. The third kappa shape index (κ3) is 3.37. The fraction of sp³-hybridized carbons (Fsp3) is 0.667. The van der Waals surface area contributed by atoms with E-state index in [-0.39, 0.29) is 5.78 Å². The van der Waals surface area contributed by atoms with Gasteiger partial charge < -0.3 is 0 Å². The number of carbonyl (C=O) groups is 1. The van der Waals surface area contributed by atoms with Gasteiger partial charge in [-0.3, -0.25) is 9.69 Å². The third-order valence-electron chi connectivity index (χ3n) is 4.70. The molecule has 1 saturated carbocycles. The molecule has 3 rings (SSSR count). The third-order valence-corrected chi connectivity index (χ3v) is 7.04. The molecule has 0 N–H and O–H groups in total. The van der Waals surface area contributed by atoms with E-state index in [9.17, 15) is 4.79 Å². The fourth-order valence-electron chi connectivity index (χ4n) is 3.64. The molecule has 1 saturated heterocycles. The Morgan fingerprint density at radius 2 is 2.00 bits per heavy atom. The van der Waals surface area contributed by atoms with E-state index in [0.29, 0.717) is 6.54 Å². The van der Waals surface area contributed by atoms with Crippen molar-refractivity contribution in [3.05, 3.63) is 19.2 Å². The van der Waals surface area contributed by atoms with Crippen LogP contribution in [0.15, 0.2) is 13.6 Å². The summed E-state index contributed by atoms with van der Waals surface area (Å²) in [5, 5.41) is 0. The smallest absolute Gasteiger partial charge is 0.178 e. The van der Waals surface area contributed by atoms with E-state index < -0.39 is 0 Å². The first-order chi connectivity index (χ1) is 9.63. The van der Waals surface area contributed by atoms with Gasteiger partial charge in [0.25, 0.3) is 0 Å². The number of likely N-dealkylation sites (tertiary alicyclic amines) is 1. The number of rotatable bonds is 3. The molecule has 2 fully saturated rings. The molecule has 110 valence electrons. The Kier molecular flexibility index (Phi) is 5.01. The molecule has 20 heavy (non-hydrogen) atoms. The van der Waals surface area contributed by atoms with E-state index in [0.717, 1.165) is 38.1 Å². The van der Waals surface area contributed by atoms with Crippen molar-refractivity contribution in [3.63, 3.8) is 0 Å². The second-order valence-corrected chi connectivity index (χ2v) is 9.74. The van der Waals surface area contributed by atoms with Gasteiger partial charge in [0.1, 0.15) is 0 Å². The van der Waals surface area contributed by atoms with Crippen LogP contribution in [-0.4, -0.2) is 30.3 Å². The predicted molar refractivity (Wildman–Crippen MR) is 90.6 cm³/mol. The summed E-state index contributed by atoms with van der Waals surface area (Å²) in [6.07, 6.45) is 6.85. The van der Waals surface area contributed by atoms with Gasteiger partial charge in [0.05, 0.1) is 14.1 Å². The SMILES string of the molecule is O=C(CN1CCC2CCCCC2C1)c1cc(Br)sc1Br. The van der Waals surface area contributed by atoms with Crippen molar-refractivity contribution in [2.45, 2.75) is 32.1 Å². The second kappa shape index (κ2) is 6.59. The normalized spacial score (nSPS) is 27.3. The predicted octanol–water partition coefficient (Wildman–Crippen LogP) is 4.97. The lowest BCUT2D eigenvalue weighted by atomic mass is 9.75. The van der Waals surface area contributed by atoms with Crippen LogP contribution in [0, 0.1) is 11.8 Å². The highest BCUT2D eigenvalue weighted by Crippen LogP contribution is 2.36. The molecule has 0 spiro atoms. The van der Waals surface area contributed by atoms with Gasteiger partial charge in [-0.1, -0.05) is 19.3 Å². The van der Waals surface area contributed by atoms with E-state index in [4.69, 9.17) is 0 Å². The summed E-state index contributed by atoms with van der Waals surface area (Å²) in [5.41, 5.74) is 0.827. The van der Waals surface area contributed by atoms with E-state index >= 15 is 0 Å². The average molecular weight is 421 g/mol. The minimum Gasteiger partial charge on any atom is -0.296 e. The Labute approximate surface area is 141 Å². The van der Waals surface area contributed by atoms with Crippen molar-refractivity contribution in [2.75, 3.05) is 19.6 Å². The minimum atomic E-state index is 0.244. The minimum absolute atomic E-state index is 0.244. The second-order valence-electron chi connectivity index (χ2n) is 5.99. The van der Waals surface area contributed by atoms with Crippen molar-refractivity contribution < 1.29 is 4.79 Å². The lowest BCUT2D eigenvalue weighted by Crippen LogP contribution is -2.43. The van der Waals surface area contributed by atoms with Gasteiger partial charge in [-0.15, -0.1) is 11.3 Å². The highest BCUT2D eigenvalue weighted by molar-refractivity contribution is 9.12. The Morgan fingerprint density at radius 1 is 1.25 bits per heavy atom. The summed E-state index contributed by atoms with van der Waals surface area (Å²) in [5.74, 6) is 2.01. The van der Waals surface area contributed by atoms with Crippen LogP contribution in [0.4, 0.5) is 0 Å². The number of hydrogen-bond acceptors (Lipinski definition) is 3. The van der Waals surface area contributed by atoms with Crippen LogP contribution in [0.5, 0.6) is 0 Å². The maximum atomic E-state index is 12.4. The molecular weight excluding hydrogens is 402 g/mol. The van der Waals surface area contributed by atoms with Crippen LogP contribution in [0.1, 0.15) is 42.5 Å². The quantitative estimate of drug-likeness (QED) is 0.643. The Morgan fingerprint density at radius 3 is 2.70 bits per heavy atom. The molecule has 2 aliphatic rings. The summed E-state index contributed by atoms with van der Waals surface area (Å²) in [4.78, 5) is 14.8. The van der Waals surface area contributed by atoms with Gasteiger partial charge >= 0.3 is 0 Å². The fourth-order valence-corrected chi connectivity index (χ4v) is 6.49. The molecular formula is C15H19Br2NOS. The molecule has 2 unspecified atom stereocenters. The maximum absolute atomic E-state index is 12.4. The van der Waals surface area contributed by atoms with Crippen LogP contribution < -0.4 is 0 Å². The number of piperidine rings is 1. The molecule has 1 aromatic rings. The number of carbonyl (C=O) groups excluding carboxylic acids is 1. The number of thiophene rings is 1. The molecule has 2 heterocycles. The molecule has 0 amide bonds.